The highest BCUT2D eigenvalue weighted by molar-refractivity contribution is 5.79. The number of benzene rings is 1. The van der Waals surface area contributed by atoms with Crippen LogP contribution in [0.25, 0.3) is 0 Å². The second-order valence-electron chi connectivity index (χ2n) is 7.78. The third-order valence-corrected chi connectivity index (χ3v) is 5.66. The molecule has 0 saturated carbocycles. The van der Waals surface area contributed by atoms with E-state index in [4.69, 9.17) is 9.41 Å². The molecule has 0 aliphatic carbocycles. The van der Waals surface area contributed by atoms with Gasteiger partial charge in [-0.05, 0) is 38.4 Å². The lowest BCUT2D eigenvalue weighted by Gasteiger charge is -2.34. The van der Waals surface area contributed by atoms with Gasteiger partial charge in [-0.15, -0.1) is 0 Å². The first-order valence-corrected chi connectivity index (χ1v) is 11.1. The largest absolute Gasteiger partial charge is 0.444 e. The first-order valence-electron chi connectivity index (χ1n) is 11.1. The Kier molecular flexibility index (Phi) is 8.28. The number of nitrogens with zero attached hydrogens (tertiary/aromatic N) is 4. The van der Waals surface area contributed by atoms with Crippen molar-refractivity contribution in [2.75, 3.05) is 39.3 Å². The summed E-state index contributed by atoms with van der Waals surface area (Å²) < 4.78 is 5.66. The fourth-order valence-corrected chi connectivity index (χ4v) is 3.65. The van der Waals surface area contributed by atoms with Gasteiger partial charge in [0.05, 0.1) is 18.8 Å². The third kappa shape index (κ3) is 6.31. The first-order chi connectivity index (χ1) is 14.6. The summed E-state index contributed by atoms with van der Waals surface area (Å²) in [7, 11) is 0. The summed E-state index contributed by atoms with van der Waals surface area (Å²) in [6.45, 7) is 16.9. The molecule has 1 aliphatic heterocycles. The molecule has 7 heteroatoms. The summed E-state index contributed by atoms with van der Waals surface area (Å²) >= 11 is 0. The van der Waals surface area contributed by atoms with E-state index in [1.807, 2.05) is 13.8 Å². The van der Waals surface area contributed by atoms with Gasteiger partial charge in [-0.25, -0.2) is 9.98 Å². The molecule has 0 atom stereocenters. The van der Waals surface area contributed by atoms with Crippen molar-refractivity contribution >= 4 is 5.96 Å². The van der Waals surface area contributed by atoms with E-state index in [0.29, 0.717) is 19.0 Å². The predicted octanol–water partition coefficient (Wildman–Crippen LogP) is 2.68. The fourth-order valence-electron chi connectivity index (χ4n) is 3.65. The molecule has 1 aromatic heterocycles. The smallest absolute Gasteiger partial charge is 0.214 e. The number of aryl methyl sites for hydroxylation is 2. The Morgan fingerprint density at radius 2 is 1.73 bits per heavy atom. The molecule has 30 heavy (non-hydrogen) atoms. The molecule has 2 aromatic rings. The van der Waals surface area contributed by atoms with Crippen LogP contribution in [0.5, 0.6) is 0 Å². The van der Waals surface area contributed by atoms with Gasteiger partial charge in [-0.3, -0.25) is 4.90 Å². The van der Waals surface area contributed by atoms with Gasteiger partial charge in [0, 0.05) is 39.3 Å². The Labute approximate surface area is 180 Å². The highest BCUT2D eigenvalue weighted by atomic mass is 16.4. The van der Waals surface area contributed by atoms with Gasteiger partial charge in [0.2, 0.25) is 5.89 Å². The number of guanidine groups is 1. The number of hydrogen-bond acceptors (Lipinski definition) is 5. The average molecular weight is 413 g/mol. The van der Waals surface area contributed by atoms with Crippen molar-refractivity contribution in [2.45, 2.75) is 47.3 Å². The molecule has 0 amide bonds. The third-order valence-electron chi connectivity index (χ3n) is 5.66. The van der Waals surface area contributed by atoms with Crippen LogP contribution in [0.4, 0.5) is 0 Å². The van der Waals surface area contributed by atoms with E-state index in [1.165, 1.54) is 11.1 Å². The van der Waals surface area contributed by atoms with Gasteiger partial charge in [0.25, 0.3) is 0 Å². The second-order valence-corrected chi connectivity index (χ2v) is 7.78. The number of likely N-dealkylation sites (N-methyl/N-ethyl adjacent to an activating group) is 1. The molecule has 164 valence electrons. The normalized spacial score (nSPS) is 16.1. The standard InChI is InChI=1S/C23H36N6O/c1-5-24-23(26-16-22-27-18(3)19(4)30-22)25-15-20-9-7-8-10-21(20)17-29-13-11-28(6-2)12-14-29/h7-10H,5-6,11-17H2,1-4H3,(H2,24,25,26). The Morgan fingerprint density at radius 3 is 2.37 bits per heavy atom. The fraction of sp³-hybridized carbons (Fsp3) is 0.565. The van der Waals surface area contributed by atoms with Crippen molar-refractivity contribution in [3.05, 3.63) is 52.7 Å². The van der Waals surface area contributed by atoms with Crippen molar-refractivity contribution in [1.29, 1.82) is 0 Å². The number of aliphatic imine (C=N–C) groups is 1. The van der Waals surface area contributed by atoms with Crippen LogP contribution in [-0.4, -0.2) is 60.0 Å². The number of piperazine rings is 1. The Balaban J connectivity index is 1.61. The van der Waals surface area contributed by atoms with E-state index in [1.54, 1.807) is 0 Å². The highest BCUT2D eigenvalue weighted by Crippen LogP contribution is 2.15. The number of nitrogens with one attached hydrogen (secondary N) is 2. The quantitative estimate of drug-likeness (QED) is 0.513. The lowest BCUT2D eigenvalue weighted by molar-refractivity contribution is 0.131. The maximum atomic E-state index is 5.66. The molecule has 1 saturated heterocycles. The van der Waals surface area contributed by atoms with Gasteiger partial charge in [-0.1, -0.05) is 31.2 Å². The molecule has 0 radical (unpaired) electrons. The van der Waals surface area contributed by atoms with Crippen LogP contribution in [-0.2, 0) is 19.6 Å². The lowest BCUT2D eigenvalue weighted by Crippen LogP contribution is -2.45. The van der Waals surface area contributed by atoms with E-state index in [-0.39, 0.29) is 0 Å². The molecule has 1 aliphatic rings. The Bertz CT molecular complexity index is 803. The SMILES string of the molecule is CCNC(=NCc1ccccc1CN1CCN(CC)CC1)NCc1nc(C)c(C)o1. The van der Waals surface area contributed by atoms with E-state index < -0.39 is 0 Å². The summed E-state index contributed by atoms with van der Waals surface area (Å²) in [5.74, 6) is 2.32. The minimum atomic E-state index is 0.518. The summed E-state index contributed by atoms with van der Waals surface area (Å²) in [5, 5.41) is 6.64. The van der Waals surface area contributed by atoms with Crippen LogP contribution in [0.3, 0.4) is 0 Å². The molecule has 1 fully saturated rings. The van der Waals surface area contributed by atoms with E-state index in [9.17, 15) is 0 Å². The van der Waals surface area contributed by atoms with E-state index in [2.05, 4.69) is 63.5 Å². The number of rotatable bonds is 8. The van der Waals surface area contributed by atoms with Crippen molar-refractivity contribution in [3.8, 4) is 0 Å². The summed E-state index contributed by atoms with van der Waals surface area (Å²) in [6, 6.07) is 8.64. The summed E-state index contributed by atoms with van der Waals surface area (Å²) in [4.78, 5) is 14.3. The number of oxazole rings is 1. The van der Waals surface area contributed by atoms with Gasteiger partial charge >= 0.3 is 0 Å². The van der Waals surface area contributed by atoms with E-state index in [0.717, 1.165) is 63.2 Å². The number of hydrogen-bond donors (Lipinski definition) is 2. The molecule has 1 aromatic carbocycles. The average Bonchev–Trinajstić information content (AvgIpc) is 3.09. The van der Waals surface area contributed by atoms with Crippen LogP contribution in [0.15, 0.2) is 33.7 Å². The Hall–Kier alpha value is -2.38. The zero-order chi connectivity index (χ0) is 21.3. The molecule has 7 nitrogen and oxygen atoms in total. The molecule has 0 spiro atoms. The molecule has 3 rings (SSSR count). The highest BCUT2D eigenvalue weighted by Gasteiger charge is 2.16. The maximum Gasteiger partial charge on any atom is 0.214 e. The Morgan fingerprint density at radius 1 is 1.03 bits per heavy atom. The van der Waals surface area contributed by atoms with Gasteiger partial charge in [-0.2, -0.15) is 0 Å². The topological polar surface area (TPSA) is 68.9 Å². The van der Waals surface area contributed by atoms with Crippen LogP contribution < -0.4 is 10.6 Å². The lowest BCUT2D eigenvalue weighted by atomic mass is 10.1. The molecule has 2 heterocycles. The summed E-state index contributed by atoms with van der Waals surface area (Å²) in [6.07, 6.45) is 0. The van der Waals surface area contributed by atoms with Crippen molar-refractivity contribution in [2.24, 2.45) is 4.99 Å². The molecular formula is C23H36N6O. The predicted molar refractivity (Wildman–Crippen MR) is 121 cm³/mol. The minimum absolute atomic E-state index is 0.518. The molecule has 0 unspecified atom stereocenters. The van der Waals surface area contributed by atoms with Crippen molar-refractivity contribution in [1.82, 2.24) is 25.4 Å². The van der Waals surface area contributed by atoms with Crippen LogP contribution in [0.2, 0.25) is 0 Å². The summed E-state index contributed by atoms with van der Waals surface area (Å²) in [5.41, 5.74) is 3.57. The van der Waals surface area contributed by atoms with E-state index >= 15 is 0 Å². The van der Waals surface area contributed by atoms with Crippen LogP contribution in [0, 0.1) is 13.8 Å². The van der Waals surface area contributed by atoms with Gasteiger partial charge in [0.15, 0.2) is 5.96 Å². The first kappa shape index (κ1) is 22.3. The van der Waals surface area contributed by atoms with Gasteiger partial charge in [0.1, 0.15) is 5.76 Å². The van der Waals surface area contributed by atoms with Crippen LogP contribution >= 0.6 is 0 Å². The number of aromatic nitrogens is 1. The van der Waals surface area contributed by atoms with Crippen molar-refractivity contribution < 1.29 is 4.42 Å². The maximum absolute atomic E-state index is 5.66. The van der Waals surface area contributed by atoms with Crippen molar-refractivity contribution in [3.63, 3.8) is 0 Å². The van der Waals surface area contributed by atoms with Gasteiger partial charge < -0.3 is 20.0 Å². The monoisotopic (exact) mass is 412 g/mol. The zero-order valence-corrected chi connectivity index (χ0v) is 18.9. The molecule has 2 N–H and O–H groups in total. The van der Waals surface area contributed by atoms with Crippen LogP contribution in [0.1, 0.15) is 42.3 Å². The molecule has 0 bridgehead atoms. The second kappa shape index (κ2) is 11.1. The molecular weight excluding hydrogens is 376 g/mol. The minimum Gasteiger partial charge on any atom is -0.444 e. The zero-order valence-electron chi connectivity index (χ0n) is 18.9.